The Labute approximate surface area is 106 Å². The lowest BCUT2D eigenvalue weighted by Gasteiger charge is -2.31. The molecular weight excluding hydrogens is 228 g/mol. The van der Waals surface area contributed by atoms with Crippen molar-refractivity contribution in [3.8, 4) is 5.75 Å². The molecule has 0 spiro atoms. The highest BCUT2D eigenvalue weighted by Gasteiger charge is 2.17. The molecule has 0 atom stereocenters. The third-order valence-corrected chi connectivity index (χ3v) is 3.13. The SMILES string of the molecule is Nc1ccc2c(c1)OCCN2CCn1ccnc1. The van der Waals surface area contributed by atoms with E-state index >= 15 is 0 Å². The Morgan fingerprint density at radius 3 is 3.11 bits per heavy atom. The van der Waals surface area contributed by atoms with Crippen molar-refractivity contribution in [3.05, 3.63) is 36.9 Å². The van der Waals surface area contributed by atoms with Crippen LogP contribution in [0, 0.1) is 0 Å². The summed E-state index contributed by atoms with van der Waals surface area (Å²) in [5.74, 6) is 0.881. The van der Waals surface area contributed by atoms with Gasteiger partial charge in [0, 0.05) is 37.2 Å². The summed E-state index contributed by atoms with van der Waals surface area (Å²) in [4.78, 5) is 6.36. The molecule has 1 aromatic carbocycles. The molecule has 2 N–H and O–H groups in total. The second-order valence-corrected chi connectivity index (χ2v) is 4.36. The molecule has 0 amide bonds. The Morgan fingerprint density at radius 1 is 1.33 bits per heavy atom. The smallest absolute Gasteiger partial charge is 0.144 e. The molecular formula is C13H16N4O. The van der Waals surface area contributed by atoms with E-state index in [4.69, 9.17) is 10.5 Å². The molecule has 1 aliphatic rings. The van der Waals surface area contributed by atoms with Crippen LogP contribution in [0.15, 0.2) is 36.9 Å². The first-order valence-corrected chi connectivity index (χ1v) is 6.06. The van der Waals surface area contributed by atoms with Crippen molar-refractivity contribution < 1.29 is 4.74 Å². The molecule has 0 aliphatic carbocycles. The molecule has 1 aliphatic heterocycles. The van der Waals surface area contributed by atoms with Gasteiger partial charge in [-0.2, -0.15) is 0 Å². The van der Waals surface area contributed by atoms with E-state index in [1.807, 2.05) is 30.7 Å². The molecule has 2 heterocycles. The average Bonchev–Trinajstić information content (AvgIpc) is 2.89. The highest BCUT2D eigenvalue weighted by Crippen LogP contribution is 2.32. The Bertz CT molecular complexity index is 524. The minimum absolute atomic E-state index is 0.709. The summed E-state index contributed by atoms with van der Waals surface area (Å²) in [5, 5.41) is 0. The van der Waals surface area contributed by atoms with E-state index in [2.05, 4.69) is 14.5 Å². The van der Waals surface area contributed by atoms with Gasteiger partial charge < -0.3 is 19.9 Å². The number of hydrogen-bond acceptors (Lipinski definition) is 4. The van der Waals surface area contributed by atoms with Gasteiger partial charge in [-0.1, -0.05) is 0 Å². The van der Waals surface area contributed by atoms with Crippen LogP contribution in [0.3, 0.4) is 0 Å². The minimum atomic E-state index is 0.709. The lowest BCUT2D eigenvalue weighted by Crippen LogP contribution is -2.35. The maximum absolute atomic E-state index is 5.77. The Hall–Kier alpha value is -2.17. The van der Waals surface area contributed by atoms with Gasteiger partial charge in [0.05, 0.1) is 18.6 Å². The van der Waals surface area contributed by atoms with Gasteiger partial charge in [0.25, 0.3) is 0 Å². The molecule has 0 saturated heterocycles. The number of nitrogens with two attached hydrogens (primary N) is 1. The van der Waals surface area contributed by atoms with Gasteiger partial charge in [0.2, 0.25) is 0 Å². The predicted octanol–water partition coefficient (Wildman–Crippen LogP) is 1.36. The van der Waals surface area contributed by atoms with Crippen molar-refractivity contribution in [1.29, 1.82) is 0 Å². The van der Waals surface area contributed by atoms with Crippen molar-refractivity contribution in [1.82, 2.24) is 9.55 Å². The standard InChI is InChI=1S/C13H16N4O/c14-11-1-2-12-13(9-11)18-8-7-17(12)6-5-16-4-3-15-10-16/h1-4,9-10H,5-8,14H2. The fourth-order valence-electron chi connectivity index (χ4n) is 2.18. The fourth-order valence-corrected chi connectivity index (χ4v) is 2.18. The summed E-state index contributed by atoms with van der Waals surface area (Å²) in [5.41, 5.74) is 7.63. The zero-order chi connectivity index (χ0) is 12.4. The van der Waals surface area contributed by atoms with Crippen LogP contribution in [0.1, 0.15) is 0 Å². The summed E-state index contributed by atoms with van der Waals surface area (Å²) in [6.07, 6.45) is 5.61. The monoisotopic (exact) mass is 244 g/mol. The molecule has 0 fully saturated rings. The van der Waals surface area contributed by atoms with E-state index in [9.17, 15) is 0 Å². The summed E-state index contributed by atoms with van der Waals surface area (Å²) in [7, 11) is 0. The van der Waals surface area contributed by atoms with E-state index in [1.54, 1.807) is 6.20 Å². The number of hydrogen-bond donors (Lipinski definition) is 1. The molecule has 1 aromatic heterocycles. The second kappa shape index (κ2) is 4.60. The van der Waals surface area contributed by atoms with Crippen molar-refractivity contribution in [2.75, 3.05) is 30.3 Å². The number of anilines is 2. The van der Waals surface area contributed by atoms with Crippen molar-refractivity contribution >= 4 is 11.4 Å². The molecule has 18 heavy (non-hydrogen) atoms. The molecule has 0 bridgehead atoms. The molecule has 5 heteroatoms. The number of aromatic nitrogens is 2. The lowest BCUT2D eigenvalue weighted by molar-refractivity contribution is 0.306. The van der Waals surface area contributed by atoms with Gasteiger partial charge in [-0.05, 0) is 12.1 Å². The van der Waals surface area contributed by atoms with Crippen LogP contribution in [0.25, 0.3) is 0 Å². The predicted molar refractivity (Wildman–Crippen MR) is 70.8 cm³/mol. The molecule has 3 rings (SSSR count). The van der Waals surface area contributed by atoms with Crippen LogP contribution in [-0.2, 0) is 6.54 Å². The van der Waals surface area contributed by atoms with Crippen LogP contribution >= 0.6 is 0 Å². The third kappa shape index (κ3) is 2.11. The van der Waals surface area contributed by atoms with Gasteiger partial charge in [-0.3, -0.25) is 0 Å². The van der Waals surface area contributed by atoms with Crippen molar-refractivity contribution in [3.63, 3.8) is 0 Å². The van der Waals surface area contributed by atoms with Gasteiger partial charge in [0.1, 0.15) is 12.4 Å². The topological polar surface area (TPSA) is 56.3 Å². The zero-order valence-corrected chi connectivity index (χ0v) is 10.1. The average molecular weight is 244 g/mol. The number of nitrogen functional groups attached to an aromatic ring is 1. The highest BCUT2D eigenvalue weighted by molar-refractivity contribution is 5.64. The van der Waals surface area contributed by atoms with Crippen molar-refractivity contribution in [2.24, 2.45) is 0 Å². The molecule has 0 radical (unpaired) electrons. The van der Waals surface area contributed by atoms with E-state index in [-0.39, 0.29) is 0 Å². The lowest BCUT2D eigenvalue weighted by atomic mass is 10.2. The quantitative estimate of drug-likeness (QED) is 0.828. The first-order chi connectivity index (χ1) is 8.83. The van der Waals surface area contributed by atoms with Gasteiger partial charge >= 0.3 is 0 Å². The van der Waals surface area contributed by atoms with Crippen LogP contribution in [-0.4, -0.2) is 29.2 Å². The summed E-state index contributed by atoms with van der Waals surface area (Å²) < 4.78 is 7.71. The zero-order valence-electron chi connectivity index (χ0n) is 10.1. The Kier molecular flexibility index (Phi) is 2.80. The van der Waals surface area contributed by atoms with E-state index in [0.29, 0.717) is 6.61 Å². The Balaban J connectivity index is 1.75. The molecule has 0 saturated carbocycles. The summed E-state index contributed by atoms with van der Waals surface area (Å²) in [6.45, 7) is 3.48. The van der Waals surface area contributed by atoms with Crippen molar-refractivity contribution in [2.45, 2.75) is 6.54 Å². The normalized spacial score (nSPS) is 14.1. The van der Waals surface area contributed by atoms with E-state index in [1.165, 1.54) is 0 Å². The van der Waals surface area contributed by atoms with Gasteiger partial charge in [-0.25, -0.2) is 4.98 Å². The van der Waals surface area contributed by atoms with Gasteiger partial charge in [-0.15, -0.1) is 0 Å². The molecule has 0 unspecified atom stereocenters. The maximum atomic E-state index is 5.77. The number of fused-ring (bicyclic) bond motifs is 1. The fraction of sp³-hybridized carbons (Fsp3) is 0.308. The number of rotatable bonds is 3. The van der Waals surface area contributed by atoms with Crippen LogP contribution in [0.4, 0.5) is 11.4 Å². The number of imidazole rings is 1. The maximum Gasteiger partial charge on any atom is 0.144 e. The second-order valence-electron chi connectivity index (χ2n) is 4.36. The first kappa shape index (κ1) is 11.0. The van der Waals surface area contributed by atoms with Gasteiger partial charge in [0.15, 0.2) is 0 Å². The molecule has 2 aromatic rings. The highest BCUT2D eigenvalue weighted by atomic mass is 16.5. The number of benzene rings is 1. The third-order valence-electron chi connectivity index (χ3n) is 3.13. The Morgan fingerprint density at radius 2 is 2.28 bits per heavy atom. The number of ether oxygens (including phenoxy) is 1. The van der Waals surface area contributed by atoms with Crippen LogP contribution in [0.2, 0.25) is 0 Å². The number of nitrogens with zero attached hydrogens (tertiary/aromatic N) is 3. The summed E-state index contributed by atoms with van der Waals surface area (Å²) >= 11 is 0. The minimum Gasteiger partial charge on any atom is -0.489 e. The van der Waals surface area contributed by atoms with E-state index < -0.39 is 0 Å². The van der Waals surface area contributed by atoms with Crippen LogP contribution in [0.5, 0.6) is 5.75 Å². The summed E-state index contributed by atoms with van der Waals surface area (Å²) in [6, 6.07) is 5.83. The largest absolute Gasteiger partial charge is 0.489 e. The van der Waals surface area contributed by atoms with E-state index in [0.717, 1.165) is 36.8 Å². The molecule has 5 nitrogen and oxygen atoms in total. The first-order valence-electron chi connectivity index (χ1n) is 6.06. The molecule has 94 valence electrons. The van der Waals surface area contributed by atoms with Crippen LogP contribution < -0.4 is 15.4 Å².